The van der Waals surface area contributed by atoms with E-state index in [1.54, 1.807) is 0 Å². The summed E-state index contributed by atoms with van der Waals surface area (Å²) in [5.74, 6) is -3.06. The molecule has 0 bridgehead atoms. The van der Waals surface area contributed by atoms with E-state index < -0.39 is 29.6 Å². The van der Waals surface area contributed by atoms with Crippen LogP contribution in [0.2, 0.25) is 0 Å². The van der Waals surface area contributed by atoms with Crippen LogP contribution in [0.15, 0.2) is 18.2 Å². The van der Waals surface area contributed by atoms with Crippen molar-refractivity contribution in [1.82, 2.24) is 4.90 Å². The van der Waals surface area contributed by atoms with Gasteiger partial charge in [0.1, 0.15) is 11.6 Å². The summed E-state index contributed by atoms with van der Waals surface area (Å²) >= 11 is 0. The molecule has 1 aliphatic heterocycles. The number of hydrogen-bond acceptors (Lipinski definition) is 3. The number of aliphatic carboxylic acids is 1. The number of nitrogens with zero attached hydrogens (tertiary/aromatic N) is 1. The van der Waals surface area contributed by atoms with Crippen LogP contribution >= 0.6 is 0 Å². The minimum Gasteiger partial charge on any atom is -0.479 e. The van der Waals surface area contributed by atoms with E-state index >= 15 is 0 Å². The second-order valence-corrected chi connectivity index (χ2v) is 4.45. The Kier molecular flexibility index (Phi) is 4.29. The van der Waals surface area contributed by atoms with Gasteiger partial charge < -0.3 is 14.7 Å². The smallest absolute Gasteiger partial charge is 0.334 e. The third kappa shape index (κ3) is 3.30. The highest BCUT2D eigenvalue weighted by Crippen LogP contribution is 2.13. The minimum absolute atomic E-state index is 0.0724. The van der Waals surface area contributed by atoms with E-state index in [4.69, 9.17) is 9.84 Å². The fraction of sp³-hybridized carbons (Fsp3) is 0.385. The van der Waals surface area contributed by atoms with Gasteiger partial charge in [-0.2, -0.15) is 0 Å². The summed E-state index contributed by atoms with van der Waals surface area (Å²) in [6.07, 6.45) is -1.30. The third-order valence-electron chi connectivity index (χ3n) is 3.05. The van der Waals surface area contributed by atoms with Gasteiger partial charge in [0, 0.05) is 12.6 Å². The number of carbonyl (C=O) groups excluding carboxylic acids is 1. The molecule has 20 heavy (non-hydrogen) atoms. The molecule has 5 nitrogen and oxygen atoms in total. The quantitative estimate of drug-likeness (QED) is 0.893. The van der Waals surface area contributed by atoms with Crippen molar-refractivity contribution in [3.8, 4) is 0 Å². The number of hydrogen-bond donors (Lipinski definition) is 1. The van der Waals surface area contributed by atoms with Crippen LogP contribution in [0.1, 0.15) is 5.56 Å². The van der Waals surface area contributed by atoms with Crippen molar-refractivity contribution in [2.75, 3.05) is 19.7 Å². The van der Waals surface area contributed by atoms with Gasteiger partial charge in [-0.15, -0.1) is 0 Å². The van der Waals surface area contributed by atoms with E-state index in [2.05, 4.69) is 0 Å². The Labute approximate surface area is 113 Å². The first-order valence-corrected chi connectivity index (χ1v) is 6.03. The molecule has 2 rings (SSSR count). The molecule has 1 fully saturated rings. The SMILES string of the molecule is O=C(O)C1CN(C(=O)Cc2ccc(F)cc2F)CCO1. The first-order valence-electron chi connectivity index (χ1n) is 6.03. The Morgan fingerprint density at radius 1 is 1.40 bits per heavy atom. The lowest BCUT2D eigenvalue weighted by Crippen LogP contribution is -2.49. The van der Waals surface area contributed by atoms with Crippen molar-refractivity contribution in [1.29, 1.82) is 0 Å². The lowest BCUT2D eigenvalue weighted by molar-refractivity contribution is -0.159. The maximum absolute atomic E-state index is 13.5. The number of rotatable bonds is 3. The molecule has 7 heteroatoms. The van der Waals surface area contributed by atoms with Crippen LogP contribution in [0.3, 0.4) is 0 Å². The van der Waals surface area contributed by atoms with Crippen molar-refractivity contribution in [2.24, 2.45) is 0 Å². The van der Waals surface area contributed by atoms with Gasteiger partial charge in [0.05, 0.1) is 19.6 Å². The number of carbonyl (C=O) groups is 2. The molecule has 1 aliphatic rings. The van der Waals surface area contributed by atoms with Crippen molar-refractivity contribution in [3.63, 3.8) is 0 Å². The molecule has 1 aromatic rings. The van der Waals surface area contributed by atoms with Crippen LogP contribution < -0.4 is 0 Å². The van der Waals surface area contributed by atoms with Crippen LogP contribution in [0.4, 0.5) is 8.78 Å². The Balaban J connectivity index is 2.02. The molecule has 0 spiro atoms. The van der Waals surface area contributed by atoms with E-state index in [0.717, 1.165) is 6.07 Å². The van der Waals surface area contributed by atoms with Crippen molar-refractivity contribution in [2.45, 2.75) is 12.5 Å². The second kappa shape index (κ2) is 5.96. The normalized spacial score (nSPS) is 18.9. The number of amides is 1. The first-order chi connectivity index (χ1) is 9.47. The lowest BCUT2D eigenvalue weighted by atomic mass is 10.1. The van der Waals surface area contributed by atoms with Gasteiger partial charge in [-0.25, -0.2) is 13.6 Å². The third-order valence-corrected chi connectivity index (χ3v) is 3.05. The van der Waals surface area contributed by atoms with Crippen molar-refractivity contribution in [3.05, 3.63) is 35.4 Å². The predicted octanol–water partition coefficient (Wildman–Crippen LogP) is 0.819. The highest BCUT2D eigenvalue weighted by atomic mass is 19.1. The number of benzene rings is 1. The van der Waals surface area contributed by atoms with Crippen LogP contribution in [-0.4, -0.2) is 47.7 Å². The second-order valence-electron chi connectivity index (χ2n) is 4.45. The summed E-state index contributed by atoms with van der Waals surface area (Å²) < 4.78 is 31.2. The topological polar surface area (TPSA) is 66.8 Å². The minimum atomic E-state index is -1.14. The van der Waals surface area contributed by atoms with Crippen LogP contribution in [0, 0.1) is 11.6 Å². The fourth-order valence-electron chi connectivity index (χ4n) is 1.96. The molecule has 1 amide bonds. The molecule has 1 atom stereocenters. The molecule has 1 aromatic carbocycles. The molecule has 0 aliphatic carbocycles. The van der Waals surface area contributed by atoms with Gasteiger partial charge in [-0.05, 0) is 11.6 Å². The Morgan fingerprint density at radius 3 is 2.80 bits per heavy atom. The van der Waals surface area contributed by atoms with Gasteiger partial charge in [0.2, 0.25) is 5.91 Å². The zero-order valence-electron chi connectivity index (χ0n) is 10.5. The summed E-state index contributed by atoms with van der Waals surface area (Å²) in [6.45, 7) is 0.303. The largest absolute Gasteiger partial charge is 0.479 e. The average molecular weight is 285 g/mol. The van der Waals surface area contributed by atoms with Crippen LogP contribution in [0.25, 0.3) is 0 Å². The zero-order valence-corrected chi connectivity index (χ0v) is 10.5. The van der Waals surface area contributed by atoms with E-state index in [0.29, 0.717) is 6.07 Å². The lowest BCUT2D eigenvalue weighted by Gasteiger charge is -2.31. The van der Waals surface area contributed by atoms with E-state index in [9.17, 15) is 18.4 Å². The molecular formula is C13H13F2NO4. The first kappa shape index (κ1) is 14.4. The van der Waals surface area contributed by atoms with Gasteiger partial charge >= 0.3 is 5.97 Å². The molecule has 1 saturated heterocycles. The standard InChI is InChI=1S/C13H13F2NO4/c14-9-2-1-8(10(15)6-9)5-12(17)16-3-4-20-11(7-16)13(18)19/h1-2,6,11H,3-5,7H2,(H,18,19). The number of carboxylic acid groups (broad SMARTS) is 1. The fourth-order valence-corrected chi connectivity index (χ4v) is 1.96. The van der Waals surface area contributed by atoms with Gasteiger partial charge in [-0.3, -0.25) is 4.79 Å². The molecule has 0 saturated carbocycles. The number of carboxylic acids is 1. The molecule has 1 heterocycles. The number of morpholine rings is 1. The molecule has 0 aromatic heterocycles. The average Bonchev–Trinajstić information content (AvgIpc) is 2.42. The molecule has 1 N–H and O–H groups in total. The van der Waals surface area contributed by atoms with Gasteiger partial charge in [-0.1, -0.05) is 6.07 Å². The summed E-state index contributed by atoms with van der Waals surface area (Å²) in [5, 5.41) is 8.84. The van der Waals surface area contributed by atoms with Crippen LogP contribution in [-0.2, 0) is 20.7 Å². The van der Waals surface area contributed by atoms with E-state index in [1.165, 1.54) is 11.0 Å². The summed E-state index contributed by atoms with van der Waals surface area (Å²) in [6, 6.07) is 2.99. The highest BCUT2D eigenvalue weighted by molar-refractivity contribution is 5.80. The van der Waals surface area contributed by atoms with E-state index in [-0.39, 0.29) is 31.7 Å². The maximum atomic E-state index is 13.5. The Morgan fingerprint density at radius 2 is 2.15 bits per heavy atom. The van der Waals surface area contributed by atoms with E-state index in [1.807, 2.05) is 0 Å². The van der Waals surface area contributed by atoms with Crippen LogP contribution in [0.5, 0.6) is 0 Å². The van der Waals surface area contributed by atoms with Gasteiger partial charge in [0.25, 0.3) is 0 Å². The maximum Gasteiger partial charge on any atom is 0.334 e. The predicted molar refractivity (Wildman–Crippen MR) is 64.0 cm³/mol. The molecule has 1 unspecified atom stereocenters. The van der Waals surface area contributed by atoms with Gasteiger partial charge in [0.15, 0.2) is 6.10 Å². The highest BCUT2D eigenvalue weighted by Gasteiger charge is 2.29. The van der Waals surface area contributed by atoms with Crippen molar-refractivity contribution < 1.29 is 28.2 Å². The molecular weight excluding hydrogens is 272 g/mol. The number of ether oxygens (including phenoxy) is 1. The monoisotopic (exact) mass is 285 g/mol. The summed E-state index contributed by atoms with van der Waals surface area (Å²) in [7, 11) is 0. The summed E-state index contributed by atoms with van der Waals surface area (Å²) in [4.78, 5) is 24.1. The Hall–Kier alpha value is -2.02. The summed E-state index contributed by atoms with van der Waals surface area (Å²) in [5.41, 5.74) is 0.0785. The Bertz CT molecular complexity index is 535. The molecule has 108 valence electrons. The number of halogens is 2. The van der Waals surface area contributed by atoms with Crippen molar-refractivity contribution >= 4 is 11.9 Å². The molecule has 0 radical (unpaired) electrons. The zero-order chi connectivity index (χ0) is 14.7.